The van der Waals surface area contributed by atoms with E-state index in [2.05, 4.69) is 28.4 Å². The lowest BCUT2D eigenvalue weighted by atomic mass is 10.1. The second kappa shape index (κ2) is 9.77. The first-order valence-electron chi connectivity index (χ1n) is 9.65. The van der Waals surface area contributed by atoms with Crippen molar-refractivity contribution < 1.29 is 9.53 Å². The Kier molecular flexibility index (Phi) is 7.13. The van der Waals surface area contributed by atoms with Gasteiger partial charge in [0, 0.05) is 18.1 Å². The van der Waals surface area contributed by atoms with Gasteiger partial charge in [0.2, 0.25) is 0 Å². The first-order valence-corrected chi connectivity index (χ1v) is 10.0. The zero-order chi connectivity index (χ0) is 19.1. The number of rotatable bonds is 8. The summed E-state index contributed by atoms with van der Waals surface area (Å²) >= 11 is 5.99. The molecule has 2 aromatic carbocycles. The lowest BCUT2D eigenvalue weighted by Crippen LogP contribution is -2.37. The average Bonchev–Trinajstić information content (AvgIpc) is 3.18. The Morgan fingerprint density at radius 2 is 1.89 bits per heavy atom. The molecule has 1 atom stereocenters. The van der Waals surface area contributed by atoms with Crippen LogP contribution < -0.4 is 10.1 Å². The molecule has 0 saturated carbocycles. The number of hydrogen-bond acceptors (Lipinski definition) is 3. The highest BCUT2D eigenvalue weighted by Gasteiger charge is 2.19. The maximum Gasteiger partial charge on any atom is 0.261 e. The van der Waals surface area contributed by atoms with E-state index in [4.69, 9.17) is 16.3 Å². The van der Waals surface area contributed by atoms with Crippen molar-refractivity contribution in [2.75, 3.05) is 13.1 Å². The van der Waals surface area contributed by atoms with Gasteiger partial charge in [-0.15, -0.1) is 0 Å². The van der Waals surface area contributed by atoms with Crippen molar-refractivity contribution in [1.82, 2.24) is 10.2 Å². The minimum atomic E-state index is -0.533. The molecule has 2 aromatic rings. The van der Waals surface area contributed by atoms with E-state index in [-0.39, 0.29) is 5.91 Å². The molecule has 0 spiro atoms. The first kappa shape index (κ1) is 19.7. The van der Waals surface area contributed by atoms with Crippen LogP contribution in [0.15, 0.2) is 48.5 Å². The molecule has 27 heavy (non-hydrogen) atoms. The molecule has 3 rings (SSSR count). The minimum Gasteiger partial charge on any atom is -0.481 e. The molecule has 4 nitrogen and oxygen atoms in total. The Hall–Kier alpha value is -2.04. The number of benzene rings is 2. The third kappa shape index (κ3) is 5.72. The average molecular weight is 387 g/mol. The number of likely N-dealkylation sites (tertiary alicyclic amines) is 1. The van der Waals surface area contributed by atoms with Gasteiger partial charge in [-0.05, 0) is 61.7 Å². The van der Waals surface area contributed by atoms with E-state index in [0.717, 1.165) is 25.2 Å². The molecule has 5 heteroatoms. The Morgan fingerprint density at radius 1 is 1.15 bits per heavy atom. The van der Waals surface area contributed by atoms with Crippen LogP contribution in [0.1, 0.15) is 37.3 Å². The number of amides is 1. The van der Waals surface area contributed by atoms with Gasteiger partial charge in [0.25, 0.3) is 5.91 Å². The van der Waals surface area contributed by atoms with Crippen LogP contribution in [0.3, 0.4) is 0 Å². The second-order valence-electron chi connectivity index (χ2n) is 6.94. The Labute approximate surface area is 166 Å². The second-order valence-corrected chi connectivity index (χ2v) is 7.38. The predicted molar refractivity (Wildman–Crippen MR) is 109 cm³/mol. The molecular formula is C22H27ClN2O2. The monoisotopic (exact) mass is 386 g/mol. The van der Waals surface area contributed by atoms with E-state index in [1.165, 1.54) is 18.4 Å². The highest BCUT2D eigenvalue weighted by Crippen LogP contribution is 2.20. The maximum absolute atomic E-state index is 12.6. The number of hydrogen-bond donors (Lipinski definition) is 1. The Balaban J connectivity index is 1.59. The van der Waals surface area contributed by atoms with Crippen molar-refractivity contribution in [3.05, 3.63) is 64.7 Å². The molecule has 0 aliphatic carbocycles. The fourth-order valence-electron chi connectivity index (χ4n) is 3.39. The molecule has 0 radical (unpaired) electrons. The molecule has 1 N–H and O–H groups in total. The quantitative estimate of drug-likeness (QED) is 0.730. The standard InChI is InChI=1S/C22H27ClN2O2/c1-2-21(27-20-11-7-10-19(23)14-20)22(26)24-15-17-8-3-4-9-18(17)16-25-12-5-6-13-25/h3-4,7-11,14,21H,2,5-6,12-13,15-16H2,1H3,(H,24,26)/t21-/m1/s1. The first-order chi connectivity index (χ1) is 13.2. The van der Waals surface area contributed by atoms with Crippen molar-refractivity contribution in [3.8, 4) is 5.75 Å². The van der Waals surface area contributed by atoms with Gasteiger partial charge in [0.05, 0.1) is 0 Å². The number of halogens is 1. The van der Waals surface area contributed by atoms with Crippen LogP contribution in [0.25, 0.3) is 0 Å². The molecule has 0 unspecified atom stereocenters. The van der Waals surface area contributed by atoms with Crippen LogP contribution in [0.4, 0.5) is 0 Å². The summed E-state index contributed by atoms with van der Waals surface area (Å²) in [5, 5.41) is 3.63. The zero-order valence-electron chi connectivity index (χ0n) is 15.8. The van der Waals surface area contributed by atoms with Gasteiger partial charge >= 0.3 is 0 Å². The van der Waals surface area contributed by atoms with Gasteiger partial charge in [-0.3, -0.25) is 9.69 Å². The number of carbonyl (C=O) groups is 1. The third-order valence-electron chi connectivity index (χ3n) is 4.90. The third-order valence-corrected chi connectivity index (χ3v) is 5.14. The smallest absolute Gasteiger partial charge is 0.261 e. The summed E-state index contributed by atoms with van der Waals surface area (Å²) in [5.74, 6) is 0.507. The van der Waals surface area contributed by atoms with Crippen LogP contribution in [0.2, 0.25) is 5.02 Å². The Bertz CT molecular complexity index is 759. The van der Waals surface area contributed by atoms with E-state index in [0.29, 0.717) is 23.7 Å². The number of nitrogens with one attached hydrogen (secondary N) is 1. The lowest BCUT2D eigenvalue weighted by Gasteiger charge is -2.20. The van der Waals surface area contributed by atoms with Crippen LogP contribution in [-0.4, -0.2) is 30.0 Å². The van der Waals surface area contributed by atoms with Gasteiger partial charge in [-0.25, -0.2) is 0 Å². The van der Waals surface area contributed by atoms with E-state index in [1.54, 1.807) is 12.1 Å². The lowest BCUT2D eigenvalue weighted by molar-refractivity contribution is -0.128. The highest BCUT2D eigenvalue weighted by molar-refractivity contribution is 6.30. The summed E-state index contributed by atoms with van der Waals surface area (Å²) in [5.41, 5.74) is 2.44. The Morgan fingerprint density at radius 3 is 2.59 bits per heavy atom. The molecule has 1 aliphatic rings. The predicted octanol–water partition coefficient (Wildman–Crippen LogP) is 4.41. The minimum absolute atomic E-state index is 0.103. The van der Waals surface area contributed by atoms with E-state index in [9.17, 15) is 4.79 Å². The number of nitrogens with zero attached hydrogens (tertiary/aromatic N) is 1. The number of carbonyl (C=O) groups excluding carboxylic acids is 1. The molecule has 1 fully saturated rings. The maximum atomic E-state index is 12.6. The van der Waals surface area contributed by atoms with E-state index in [1.807, 2.05) is 25.1 Å². The molecule has 0 bridgehead atoms. The van der Waals surface area contributed by atoms with Crippen molar-refractivity contribution in [3.63, 3.8) is 0 Å². The molecule has 1 saturated heterocycles. The fourth-order valence-corrected chi connectivity index (χ4v) is 3.57. The molecule has 144 valence electrons. The van der Waals surface area contributed by atoms with Crippen LogP contribution in [-0.2, 0) is 17.9 Å². The summed E-state index contributed by atoms with van der Waals surface area (Å²) in [6.45, 7) is 5.72. The SMILES string of the molecule is CC[C@@H](Oc1cccc(Cl)c1)C(=O)NCc1ccccc1CN1CCCC1. The van der Waals surface area contributed by atoms with Crippen LogP contribution >= 0.6 is 11.6 Å². The molecule has 1 amide bonds. The highest BCUT2D eigenvalue weighted by atomic mass is 35.5. The number of ether oxygens (including phenoxy) is 1. The van der Waals surface area contributed by atoms with Crippen molar-refractivity contribution in [1.29, 1.82) is 0 Å². The van der Waals surface area contributed by atoms with Gasteiger partial charge in [0.15, 0.2) is 6.10 Å². The van der Waals surface area contributed by atoms with Crippen molar-refractivity contribution in [2.24, 2.45) is 0 Å². The summed E-state index contributed by atoms with van der Waals surface area (Å²) in [4.78, 5) is 15.1. The van der Waals surface area contributed by atoms with E-state index < -0.39 is 6.10 Å². The largest absolute Gasteiger partial charge is 0.481 e. The van der Waals surface area contributed by atoms with Gasteiger partial charge in [-0.1, -0.05) is 48.9 Å². The molecule has 1 aliphatic heterocycles. The van der Waals surface area contributed by atoms with E-state index >= 15 is 0 Å². The molecular weight excluding hydrogens is 360 g/mol. The molecule has 1 heterocycles. The summed E-state index contributed by atoms with van der Waals surface area (Å²) in [7, 11) is 0. The van der Waals surface area contributed by atoms with Crippen molar-refractivity contribution >= 4 is 17.5 Å². The summed E-state index contributed by atoms with van der Waals surface area (Å²) < 4.78 is 5.83. The summed E-state index contributed by atoms with van der Waals surface area (Å²) in [6, 6.07) is 15.5. The summed E-state index contributed by atoms with van der Waals surface area (Å²) in [6.07, 6.45) is 2.61. The van der Waals surface area contributed by atoms with Crippen LogP contribution in [0, 0.1) is 0 Å². The van der Waals surface area contributed by atoms with Crippen molar-refractivity contribution in [2.45, 2.75) is 45.4 Å². The molecule has 0 aromatic heterocycles. The van der Waals surface area contributed by atoms with Crippen LogP contribution in [0.5, 0.6) is 5.75 Å². The van der Waals surface area contributed by atoms with Gasteiger partial charge in [0.1, 0.15) is 5.75 Å². The normalized spacial score (nSPS) is 15.5. The van der Waals surface area contributed by atoms with Gasteiger partial charge < -0.3 is 10.1 Å². The van der Waals surface area contributed by atoms with Gasteiger partial charge in [-0.2, -0.15) is 0 Å². The zero-order valence-corrected chi connectivity index (χ0v) is 16.5. The topological polar surface area (TPSA) is 41.6 Å². The fraction of sp³-hybridized carbons (Fsp3) is 0.409.